The van der Waals surface area contributed by atoms with Crippen molar-refractivity contribution in [3.8, 4) is 5.75 Å². The van der Waals surface area contributed by atoms with Crippen molar-refractivity contribution in [2.24, 2.45) is 0 Å². The highest BCUT2D eigenvalue weighted by molar-refractivity contribution is 6.11. The van der Waals surface area contributed by atoms with E-state index in [4.69, 9.17) is 4.74 Å². The summed E-state index contributed by atoms with van der Waals surface area (Å²) in [4.78, 5) is 12.7. The third-order valence-corrected chi connectivity index (χ3v) is 5.43. The van der Waals surface area contributed by atoms with Crippen LogP contribution < -0.4 is 4.74 Å². The maximum atomic E-state index is 12.7. The second-order valence-electron chi connectivity index (χ2n) is 7.48. The molecule has 142 valence electrons. The molecule has 4 rings (SSSR count). The molecule has 0 N–H and O–H groups in total. The number of carbonyl (C=O) groups excluding carboxylic acids is 1. The van der Waals surface area contributed by atoms with Crippen molar-refractivity contribution in [1.82, 2.24) is 4.57 Å². The zero-order chi connectivity index (χ0) is 19.8. The summed E-state index contributed by atoms with van der Waals surface area (Å²) in [5.41, 5.74) is 5.17. The third-order valence-electron chi connectivity index (χ3n) is 5.43. The monoisotopic (exact) mass is 371 g/mol. The molecule has 0 atom stereocenters. The summed E-state index contributed by atoms with van der Waals surface area (Å²) in [6.07, 6.45) is 0. The molecule has 3 nitrogen and oxygen atoms in total. The first-order valence-corrected chi connectivity index (χ1v) is 9.84. The van der Waals surface area contributed by atoms with Crippen LogP contribution in [0.1, 0.15) is 48.2 Å². The standard InChI is InChI=1S/C25H25NO2/c1-5-26-20-14-10-9-13-19(20)24-17(4)23(16(2)3)22(15-21(24)26)28-25(27)18-11-7-6-8-12-18/h6-16H,5H2,1-4H3. The van der Waals surface area contributed by atoms with Gasteiger partial charge in [0.1, 0.15) is 5.75 Å². The highest BCUT2D eigenvalue weighted by atomic mass is 16.5. The first-order valence-electron chi connectivity index (χ1n) is 9.84. The van der Waals surface area contributed by atoms with Crippen molar-refractivity contribution in [1.29, 1.82) is 0 Å². The number of carbonyl (C=O) groups is 1. The van der Waals surface area contributed by atoms with Crippen molar-refractivity contribution in [2.45, 2.75) is 40.2 Å². The molecule has 1 aromatic heterocycles. The number of aryl methyl sites for hydroxylation is 2. The van der Waals surface area contributed by atoms with Gasteiger partial charge in [0.2, 0.25) is 0 Å². The smallest absolute Gasteiger partial charge is 0.343 e. The Labute approximate surface area is 165 Å². The van der Waals surface area contributed by atoms with E-state index < -0.39 is 0 Å². The number of esters is 1. The Kier molecular flexibility index (Phi) is 4.68. The van der Waals surface area contributed by atoms with Gasteiger partial charge in [-0.3, -0.25) is 0 Å². The molecule has 0 unspecified atom stereocenters. The van der Waals surface area contributed by atoms with Crippen LogP contribution in [-0.4, -0.2) is 10.5 Å². The molecule has 0 aliphatic carbocycles. The largest absolute Gasteiger partial charge is 0.423 e. The molecule has 0 aliphatic rings. The maximum Gasteiger partial charge on any atom is 0.343 e. The van der Waals surface area contributed by atoms with Gasteiger partial charge in [-0.05, 0) is 43.5 Å². The molecule has 0 amide bonds. The second kappa shape index (κ2) is 7.16. The van der Waals surface area contributed by atoms with E-state index in [1.54, 1.807) is 12.1 Å². The average Bonchev–Trinajstić information content (AvgIpc) is 3.02. The highest BCUT2D eigenvalue weighted by Gasteiger charge is 2.21. The van der Waals surface area contributed by atoms with Gasteiger partial charge >= 0.3 is 5.97 Å². The Morgan fingerprint density at radius 2 is 1.68 bits per heavy atom. The topological polar surface area (TPSA) is 31.2 Å². The van der Waals surface area contributed by atoms with Gasteiger partial charge in [-0.2, -0.15) is 0 Å². The second-order valence-corrected chi connectivity index (χ2v) is 7.48. The summed E-state index contributed by atoms with van der Waals surface area (Å²) in [6, 6.07) is 19.7. The van der Waals surface area contributed by atoms with Crippen LogP contribution in [-0.2, 0) is 6.54 Å². The summed E-state index contributed by atoms with van der Waals surface area (Å²) < 4.78 is 8.22. The molecule has 0 radical (unpaired) electrons. The van der Waals surface area contributed by atoms with E-state index in [1.165, 1.54) is 21.9 Å². The first kappa shape index (κ1) is 18.3. The van der Waals surface area contributed by atoms with Crippen molar-refractivity contribution in [3.63, 3.8) is 0 Å². The van der Waals surface area contributed by atoms with Gasteiger partial charge in [-0.15, -0.1) is 0 Å². The lowest BCUT2D eigenvalue weighted by Gasteiger charge is -2.18. The lowest BCUT2D eigenvalue weighted by atomic mass is 9.93. The molecule has 0 saturated heterocycles. The minimum Gasteiger partial charge on any atom is -0.423 e. The van der Waals surface area contributed by atoms with Gasteiger partial charge in [0, 0.05) is 34.5 Å². The van der Waals surface area contributed by atoms with E-state index in [0.717, 1.165) is 17.6 Å². The Balaban J connectivity index is 1.97. The van der Waals surface area contributed by atoms with E-state index in [0.29, 0.717) is 11.3 Å². The van der Waals surface area contributed by atoms with Crippen LogP contribution in [0.2, 0.25) is 0 Å². The van der Waals surface area contributed by atoms with Gasteiger partial charge in [-0.1, -0.05) is 50.2 Å². The molecule has 1 heterocycles. The number of para-hydroxylation sites is 1. The van der Waals surface area contributed by atoms with Crippen molar-refractivity contribution in [3.05, 3.63) is 77.4 Å². The van der Waals surface area contributed by atoms with Gasteiger partial charge < -0.3 is 9.30 Å². The Bertz CT molecular complexity index is 1170. The minimum atomic E-state index is -0.319. The van der Waals surface area contributed by atoms with Gasteiger partial charge in [0.15, 0.2) is 0 Å². The zero-order valence-corrected chi connectivity index (χ0v) is 16.8. The fourth-order valence-electron chi connectivity index (χ4n) is 4.26. The van der Waals surface area contributed by atoms with Crippen LogP contribution in [0.15, 0.2) is 60.7 Å². The van der Waals surface area contributed by atoms with E-state index in [9.17, 15) is 4.79 Å². The van der Waals surface area contributed by atoms with E-state index in [1.807, 2.05) is 24.3 Å². The van der Waals surface area contributed by atoms with Crippen molar-refractivity contribution < 1.29 is 9.53 Å². The van der Waals surface area contributed by atoms with Crippen LogP contribution in [0.25, 0.3) is 21.8 Å². The van der Waals surface area contributed by atoms with E-state index >= 15 is 0 Å². The van der Waals surface area contributed by atoms with Gasteiger partial charge in [0.25, 0.3) is 0 Å². The minimum absolute atomic E-state index is 0.242. The molecular formula is C25H25NO2. The molecule has 3 aromatic carbocycles. The number of nitrogens with zero attached hydrogens (tertiary/aromatic N) is 1. The molecule has 28 heavy (non-hydrogen) atoms. The fourth-order valence-corrected chi connectivity index (χ4v) is 4.26. The number of ether oxygens (including phenoxy) is 1. The normalized spacial score (nSPS) is 11.5. The number of rotatable bonds is 4. The summed E-state index contributed by atoms with van der Waals surface area (Å²) in [6.45, 7) is 9.44. The molecule has 0 bridgehead atoms. The molecule has 3 heteroatoms. The predicted molar refractivity (Wildman–Crippen MR) is 115 cm³/mol. The lowest BCUT2D eigenvalue weighted by Crippen LogP contribution is -2.11. The predicted octanol–water partition coefficient (Wildman–Crippen LogP) is 6.47. The summed E-state index contributed by atoms with van der Waals surface area (Å²) in [5.74, 6) is 0.582. The third kappa shape index (κ3) is 2.88. The highest BCUT2D eigenvalue weighted by Crippen LogP contribution is 2.40. The maximum absolute atomic E-state index is 12.7. The molecule has 0 spiro atoms. The van der Waals surface area contributed by atoms with Crippen LogP contribution in [0.4, 0.5) is 0 Å². The average molecular weight is 371 g/mol. The number of aromatic nitrogens is 1. The SMILES string of the molecule is CCn1c2ccccc2c2c(C)c(C(C)C)c(OC(=O)c3ccccc3)cc21. The molecule has 4 aromatic rings. The Morgan fingerprint density at radius 3 is 2.36 bits per heavy atom. The Hall–Kier alpha value is -3.07. The molecule has 0 fully saturated rings. The molecule has 0 saturated carbocycles. The summed E-state index contributed by atoms with van der Waals surface area (Å²) in [7, 11) is 0. The first-order chi connectivity index (χ1) is 13.5. The van der Waals surface area contributed by atoms with Crippen LogP contribution >= 0.6 is 0 Å². The number of hydrogen-bond donors (Lipinski definition) is 0. The van der Waals surface area contributed by atoms with Gasteiger partial charge in [-0.25, -0.2) is 4.79 Å². The van der Waals surface area contributed by atoms with Crippen molar-refractivity contribution >= 4 is 27.8 Å². The fraction of sp³-hybridized carbons (Fsp3) is 0.240. The molecular weight excluding hydrogens is 346 g/mol. The summed E-state index contributed by atoms with van der Waals surface area (Å²) in [5, 5.41) is 2.50. The number of hydrogen-bond acceptors (Lipinski definition) is 2. The lowest BCUT2D eigenvalue weighted by molar-refractivity contribution is 0.0733. The zero-order valence-electron chi connectivity index (χ0n) is 16.8. The number of benzene rings is 3. The quantitative estimate of drug-likeness (QED) is 0.304. The van der Waals surface area contributed by atoms with Crippen LogP contribution in [0.5, 0.6) is 5.75 Å². The van der Waals surface area contributed by atoms with Crippen LogP contribution in [0.3, 0.4) is 0 Å². The summed E-state index contributed by atoms with van der Waals surface area (Å²) >= 11 is 0. The molecule has 0 aliphatic heterocycles. The van der Waals surface area contributed by atoms with Crippen LogP contribution in [0, 0.1) is 6.92 Å². The van der Waals surface area contributed by atoms with E-state index in [2.05, 4.69) is 56.5 Å². The number of fused-ring (bicyclic) bond motifs is 3. The Morgan fingerprint density at radius 1 is 1.00 bits per heavy atom. The van der Waals surface area contributed by atoms with E-state index in [-0.39, 0.29) is 11.9 Å². The van der Waals surface area contributed by atoms with Crippen molar-refractivity contribution in [2.75, 3.05) is 0 Å². The van der Waals surface area contributed by atoms with Gasteiger partial charge in [0.05, 0.1) is 11.1 Å².